The lowest BCUT2D eigenvalue weighted by molar-refractivity contribution is -0.130. The Balaban J connectivity index is 1.50. The van der Waals surface area contributed by atoms with Gasteiger partial charge in [-0.2, -0.15) is 0 Å². The molecule has 0 spiro atoms. The third kappa shape index (κ3) is 4.76. The SMILES string of the molecule is C[C@@H](NCC(=O)N1CCN(c2ccccc2Cl)CC1)c1ccc(F)cc1F. The Morgan fingerprint density at radius 2 is 1.85 bits per heavy atom. The molecule has 1 aliphatic heterocycles. The molecule has 1 saturated heterocycles. The van der Waals surface area contributed by atoms with Crippen LogP contribution in [0.1, 0.15) is 18.5 Å². The number of hydrogen-bond donors (Lipinski definition) is 1. The minimum Gasteiger partial charge on any atom is -0.367 e. The Labute approximate surface area is 162 Å². The summed E-state index contributed by atoms with van der Waals surface area (Å²) < 4.78 is 26.8. The molecule has 27 heavy (non-hydrogen) atoms. The predicted molar refractivity (Wildman–Crippen MR) is 103 cm³/mol. The topological polar surface area (TPSA) is 35.6 Å². The molecule has 1 heterocycles. The number of anilines is 1. The van der Waals surface area contributed by atoms with E-state index >= 15 is 0 Å². The van der Waals surface area contributed by atoms with Crippen molar-refractivity contribution in [2.75, 3.05) is 37.6 Å². The molecule has 1 aliphatic rings. The van der Waals surface area contributed by atoms with Crippen LogP contribution in [0.2, 0.25) is 5.02 Å². The minimum atomic E-state index is -0.615. The van der Waals surface area contributed by atoms with Crippen molar-refractivity contribution in [1.29, 1.82) is 0 Å². The second-order valence-corrected chi connectivity index (χ2v) is 6.99. The first-order chi connectivity index (χ1) is 13.0. The number of benzene rings is 2. The molecule has 0 saturated carbocycles. The van der Waals surface area contributed by atoms with Gasteiger partial charge in [-0.25, -0.2) is 8.78 Å². The lowest BCUT2D eigenvalue weighted by Gasteiger charge is -2.36. The Hall–Kier alpha value is -2.18. The van der Waals surface area contributed by atoms with E-state index in [4.69, 9.17) is 11.6 Å². The molecule has 1 atom stereocenters. The van der Waals surface area contributed by atoms with E-state index < -0.39 is 11.6 Å². The van der Waals surface area contributed by atoms with Gasteiger partial charge >= 0.3 is 0 Å². The lowest BCUT2D eigenvalue weighted by atomic mass is 10.1. The summed E-state index contributed by atoms with van der Waals surface area (Å²) in [7, 11) is 0. The van der Waals surface area contributed by atoms with Gasteiger partial charge in [0.25, 0.3) is 0 Å². The van der Waals surface area contributed by atoms with Gasteiger partial charge in [-0.1, -0.05) is 29.8 Å². The normalized spacial score (nSPS) is 15.7. The van der Waals surface area contributed by atoms with Crippen molar-refractivity contribution in [2.24, 2.45) is 0 Å². The number of carbonyl (C=O) groups is 1. The van der Waals surface area contributed by atoms with Crippen LogP contribution in [0.25, 0.3) is 0 Å². The van der Waals surface area contributed by atoms with Gasteiger partial charge in [-0.3, -0.25) is 4.79 Å². The van der Waals surface area contributed by atoms with Gasteiger partial charge in [0.2, 0.25) is 5.91 Å². The Kier molecular flexibility index (Phi) is 6.29. The zero-order valence-corrected chi connectivity index (χ0v) is 15.8. The first kappa shape index (κ1) is 19.6. The van der Waals surface area contributed by atoms with Crippen molar-refractivity contribution >= 4 is 23.2 Å². The Morgan fingerprint density at radius 1 is 1.15 bits per heavy atom. The van der Waals surface area contributed by atoms with E-state index in [1.54, 1.807) is 11.8 Å². The largest absolute Gasteiger partial charge is 0.367 e. The summed E-state index contributed by atoms with van der Waals surface area (Å²) in [6.07, 6.45) is 0. The summed E-state index contributed by atoms with van der Waals surface area (Å²) >= 11 is 6.24. The maximum absolute atomic E-state index is 13.8. The molecule has 2 aromatic carbocycles. The molecule has 1 N–H and O–H groups in total. The highest BCUT2D eigenvalue weighted by Gasteiger charge is 2.22. The fourth-order valence-corrected chi connectivity index (χ4v) is 3.48. The number of rotatable bonds is 5. The Morgan fingerprint density at radius 3 is 2.52 bits per heavy atom. The third-order valence-electron chi connectivity index (χ3n) is 4.81. The average molecular weight is 394 g/mol. The van der Waals surface area contributed by atoms with E-state index in [0.717, 1.165) is 11.8 Å². The van der Waals surface area contributed by atoms with E-state index in [0.29, 0.717) is 36.8 Å². The molecule has 1 amide bonds. The van der Waals surface area contributed by atoms with Gasteiger partial charge in [0.1, 0.15) is 11.6 Å². The van der Waals surface area contributed by atoms with Crippen LogP contribution in [-0.2, 0) is 4.79 Å². The highest BCUT2D eigenvalue weighted by Crippen LogP contribution is 2.26. The van der Waals surface area contributed by atoms with Crippen molar-refractivity contribution in [3.05, 3.63) is 64.7 Å². The molecule has 0 unspecified atom stereocenters. The van der Waals surface area contributed by atoms with Crippen LogP contribution in [0, 0.1) is 11.6 Å². The summed E-state index contributed by atoms with van der Waals surface area (Å²) in [6.45, 7) is 4.47. The number of amides is 1. The van der Waals surface area contributed by atoms with Gasteiger partial charge in [-0.15, -0.1) is 0 Å². The molecule has 0 aliphatic carbocycles. The lowest BCUT2D eigenvalue weighted by Crippen LogP contribution is -2.51. The first-order valence-electron chi connectivity index (χ1n) is 8.91. The number of nitrogens with zero attached hydrogens (tertiary/aromatic N) is 2. The molecule has 144 valence electrons. The summed E-state index contributed by atoms with van der Waals surface area (Å²) in [5.41, 5.74) is 1.32. The molecular formula is C20H22ClF2N3O. The minimum absolute atomic E-state index is 0.0387. The van der Waals surface area contributed by atoms with Crippen molar-refractivity contribution in [3.8, 4) is 0 Å². The van der Waals surface area contributed by atoms with Gasteiger partial charge in [-0.05, 0) is 25.1 Å². The number of carbonyl (C=O) groups excluding carboxylic acids is 1. The van der Waals surface area contributed by atoms with Crippen LogP contribution < -0.4 is 10.2 Å². The van der Waals surface area contributed by atoms with Crippen LogP contribution in [0.5, 0.6) is 0 Å². The van der Waals surface area contributed by atoms with Gasteiger partial charge in [0, 0.05) is 43.9 Å². The van der Waals surface area contributed by atoms with E-state index in [1.807, 2.05) is 24.3 Å². The van der Waals surface area contributed by atoms with Crippen LogP contribution in [-0.4, -0.2) is 43.5 Å². The fourth-order valence-electron chi connectivity index (χ4n) is 3.22. The van der Waals surface area contributed by atoms with Crippen molar-refractivity contribution in [3.63, 3.8) is 0 Å². The van der Waals surface area contributed by atoms with Crippen LogP contribution >= 0.6 is 11.6 Å². The predicted octanol–water partition coefficient (Wildman–Crippen LogP) is 3.62. The summed E-state index contributed by atoms with van der Waals surface area (Å²) in [5, 5.41) is 3.72. The molecule has 0 aromatic heterocycles. The van der Waals surface area contributed by atoms with Crippen molar-refractivity contribution < 1.29 is 13.6 Å². The van der Waals surface area contributed by atoms with Crippen LogP contribution in [0.3, 0.4) is 0 Å². The zero-order chi connectivity index (χ0) is 19.4. The second-order valence-electron chi connectivity index (χ2n) is 6.59. The molecule has 0 bridgehead atoms. The average Bonchev–Trinajstić information content (AvgIpc) is 2.66. The molecule has 2 aromatic rings. The third-order valence-corrected chi connectivity index (χ3v) is 5.13. The van der Waals surface area contributed by atoms with Crippen LogP contribution in [0.15, 0.2) is 42.5 Å². The van der Waals surface area contributed by atoms with Gasteiger partial charge in [0.05, 0.1) is 17.3 Å². The number of nitrogens with one attached hydrogen (secondary N) is 1. The van der Waals surface area contributed by atoms with Crippen molar-refractivity contribution in [2.45, 2.75) is 13.0 Å². The number of hydrogen-bond acceptors (Lipinski definition) is 3. The maximum Gasteiger partial charge on any atom is 0.236 e. The maximum atomic E-state index is 13.8. The smallest absolute Gasteiger partial charge is 0.236 e. The monoisotopic (exact) mass is 393 g/mol. The van der Waals surface area contributed by atoms with E-state index in [9.17, 15) is 13.6 Å². The summed E-state index contributed by atoms with van der Waals surface area (Å²) in [4.78, 5) is 16.4. The molecule has 3 rings (SSSR count). The highest BCUT2D eigenvalue weighted by atomic mass is 35.5. The molecule has 7 heteroatoms. The first-order valence-corrected chi connectivity index (χ1v) is 9.29. The van der Waals surface area contributed by atoms with Gasteiger partial charge < -0.3 is 15.1 Å². The van der Waals surface area contributed by atoms with E-state index in [2.05, 4.69) is 10.2 Å². The number of halogens is 3. The van der Waals surface area contributed by atoms with Crippen LogP contribution in [0.4, 0.5) is 14.5 Å². The molecular weight excluding hydrogens is 372 g/mol. The number of piperazine rings is 1. The zero-order valence-electron chi connectivity index (χ0n) is 15.1. The summed E-state index contributed by atoms with van der Waals surface area (Å²) in [5.74, 6) is -1.27. The summed E-state index contributed by atoms with van der Waals surface area (Å²) in [6, 6.07) is 10.7. The van der Waals surface area contributed by atoms with Crippen molar-refractivity contribution in [1.82, 2.24) is 10.2 Å². The van der Waals surface area contributed by atoms with Gasteiger partial charge in [0.15, 0.2) is 0 Å². The number of para-hydroxylation sites is 1. The quantitative estimate of drug-likeness (QED) is 0.842. The van der Waals surface area contributed by atoms with E-state index in [-0.39, 0.29) is 18.5 Å². The standard InChI is InChI=1S/C20H22ClF2N3O/c1-14(16-7-6-15(22)12-18(16)23)24-13-20(27)26-10-8-25(9-11-26)19-5-3-2-4-17(19)21/h2-7,12,14,24H,8-11,13H2,1H3/t14-/m1/s1. The fraction of sp³-hybridized carbons (Fsp3) is 0.350. The highest BCUT2D eigenvalue weighted by molar-refractivity contribution is 6.33. The second kappa shape index (κ2) is 8.67. The Bertz CT molecular complexity index is 810. The molecule has 4 nitrogen and oxygen atoms in total. The molecule has 1 fully saturated rings. The molecule has 0 radical (unpaired) electrons. The van der Waals surface area contributed by atoms with E-state index in [1.165, 1.54) is 12.1 Å².